The summed E-state index contributed by atoms with van der Waals surface area (Å²) in [6.45, 7) is 8.19. The quantitative estimate of drug-likeness (QED) is 0.553. The zero-order chi connectivity index (χ0) is 19.8. The van der Waals surface area contributed by atoms with Crippen LogP contribution < -0.4 is 0 Å². The van der Waals surface area contributed by atoms with Crippen molar-refractivity contribution in [2.24, 2.45) is 10.9 Å². The van der Waals surface area contributed by atoms with Crippen LogP contribution in [0.1, 0.15) is 57.8 Å². The first kappa shape index (κ1) is 19.5. The summed E-state index contributed by atoms with van der Waals surface area (Å²) in [5, 5.41) is 0. The molecule has 1 aromatic carbocycles. The molecule has 0 N–H and O–H groups in total. The van der Waals surface area contributed by atoms with Gasteiger partial charge in [-0.05, 0) is 50.5 Å². The minimum atomic E-state index is -4.42. The third-order valence-electron chi connectivity index (χ3n) is 5.38. The molecule has 0 aliphatic carbocycles. The van der Waals surface area contributed by atoms with Gasteiger partial charge in [-0.1, -0.05) is 32.0 Å². The van der Waals surface area contributed by atoms with Gasteiger partial charge >= 0.3 is 6.18 Å². The van der Waals surface area contributed by atoms with Crippen molar-refractivity contribution in [3.63, 3.8) is 0 Å². The number of rotatable bonds is 4. The van der Waals surface area contributed by atoms with Gasteiger partial charge in [-0.2, -0.15) is 13.2 Å². The molecule has 2 aromatic rings. The molecule has 0 saturated heterocycles. The lowest BCUT2D eigenvalue weighted by molar-refractivity contribution is -0.137. The Labute approximate surface area is 157 Å². The van der Waals surface area contributed by atoms with E-state index in [0.717, 1.165) is 30.3 Å². The van der Waals surface area contributed by atoms with Gasteiger partial charge in [0.05, 0.1) is 5.56 Å². The zero-order valence-electron chi connectivity index (χ0n) is 16.0. The molecule has 1 aliphatic rings. The summed E-state index contributed by atoms with van der Waals surface area (Å²) in [4.78, 5) is 4.68. The van der Waals surface area contributed by atoms with E-state index >= 15 is 0 Å². The second-order valence-corrected chi connectivity index (χ2v) is 6.96. The molecule has 27 heavy (non-hydrogen) atoms. The summed E-state index contributed by atoms with van der Waals surface area (Å²) in [6.07, 6.45) is -2.69. The van der Waals surface area contributed by atoms with Crippen LogP contribution in [0.2, 0.25) is 0 Å². The van der Waals surface area contributed by atoms with E-state index in [0.29, 0.717) is 5.76 Å². The van der Waals surface area contributed by atoms with E-state index in [-0.39, 0.29) is 23.2 Å². The lowest BCUT2D eigenvalue weighted by atomic mass is 9.76. The number of aliphatic imine (C=N–C) groups is 1. The summed E-state index contributed by atoms with van der Waals surface area (Å²) >= 11 is 0. The standard InChI is InChI=1S/C22H24F3NO/c1-5-15-13(3)26-14(4)16(6-2)21(15)20-12-11-19(27-20)17-9-7-8-10-18(17)22(23,24)25/h7-12,15,21H,5-6H2,1-4H3. The Morgan fingerprint density at radius 2 is 1.74 bits per heavy atom. The number of nitrogens with zero attached hydrogens (tertiary/aromatic N) is 1. The zero-order valence-corrected chi connectivity index (χ0v) is 16.0. The van der Waals surface area contributed by atoms with Gasteiger partial charge in [-0.25, -0.2) is 0 Å². The van der Waals surface area contributed by atoms with Crippen LogP contribution in [0.25, 0.3) is 11.3 Å². The first-order valence-electron chi connectivity index (χ1n) is 9.29. The minimum Gasteiger partial charge on any atom is -0.460 e. The molecule has 2 nitrogen and oxygen atoms in total. The maximum Gasteiger partial charge on any atom is 0.417 e. The van der Waals surface area contributed by atoms with Crippen molar-refractivity contribution in [2.45, 2.75) is 52.6 Å². The molecule has 5 heteroatoms. The van der Waals surface area contributed by atoms with Crippen LogP contribution >= 0.6 is 0 Å². The molecular weight excluding hydrogens is 351 g/mol. The molecule has 0 bridgehead atoms. The van der Waals surface area contributed by atoms with Gasteiger partial charge in [0.15, 0.2) is 0 Å². The second kappa shape index (κ2) is 7.37. The number of hydrogen-bond acceptors (Lipinski definition) is 2. The number of allylic oxidation sites excluding steroid dienone is 2. The van der Waals surface area contributed by atoms with Gasteiger partial charge in [0.2, 0.25) is 0 Å². The molecule has 1 aliphatic heterocycles. The normalized spacial score (nSPS) is 20.8. The van der Waals surface area contributed by atoms with E-state index < -0.39 is 11.7 Å². The smallest absolute Gasteiger partial charge is 0.417 e. The van der Waals surface area contributed by atoms with Crippen molar-refractivity contribution in [3.05, 3.63) is 59.0 Å². The van der Waals surface area contributed by atoms with Gasteiger partial charge in [-0.3, -0.25) is 4.99 Å². The van der Waals surface area contributed by atoms with Crippen LogP contribution in [0, 0.1) is 5.92 Å². The molecule has 2 heterocycles. The number of alkyl halides is 3. The van der Waals surface area contributed by atoms with Crippen LogP contribution in [-0.2, 0) is 6.18 Å². The van der Waals surface area contributed by atoms with Crippen molar-refractivity contribution in [1.29, 1.82) is 0 Å². The SMILES string of the molecule is CCC1=C(C)N=C(C)C(CC)C1c1ccc(-c2ccccc2C(F)(F)F)o1. The molecular formula is C22H24F3NO. The Balaban J connectivity index is 2.07. The van der Waals surface area contributed by atoms with Gasteiger partial charge in [0.25, 0.3) is 0 Å². The van der Waals surface area contributed by atoms with Gasteiger partial charge < -0.3 is 4.42 Å². The van der Waals surface area contributed by atoms with E-state index in [9.17, 15) is 13.2 Å². The van der Waals surface area contributed by atoms with Crippen molar-refractivity contribution in [2.75, 3.05) is 0 Å². The van der Waals surface area contributed by atoms with E-state index in [1.807, 2.05) is 19.9 Å². The highest BCUT2D eigenvalue weighted by atomic mass is 19.4. The first-order valence-corrected chi connectivity index (χ1v) is 9.29. The van der Waals surface area contributed by atoms with Gasteiger partial charge in [0, 0.05) is 28.8 Å². The summed E-state index contributed by atoms with van der Waals surface area (Å²) in [5.41, 5.74) is 2.62. The molecule has 0 fully saturated rings. The van der Waals surface area contributed by atoms with Gasteiger partial charge in [-0.15, -0.1) is 0 Å². The highest BCUT2D eigenvalue weighted by Crippen LogP contribution is 2.44. The van der Waals surface area contributed by atoms with E-state index in [1.54, 1.807) is 12.1 Å². The third-order valence-corrected chi connectivity index (χ3v) is 5.38. The van der Waals surface area contributed by atoms with Crippen LogP contribution in [0.3, 0.4) is 0 Å². The van der Waals surface area contributed by atoms with Crippen LogP contribution in [0.15, 0.2) is 57.1 Å². The predicted octanol–water partition coefficient (Wildman–Crippen LogP) is 7.23. The average Bonchev–Trinajstić information content (AvgIpc) is 3.10. The summed E-state index contributed by atoms with van der Waals surface area (Å²) in [6, 6.07) is 9.00. The highest BCUT2D eigenvalue weighted by Gasteiger charge is 2.36. The molecule has 0 spiro atoms. The van der Waals surface area contributed by atoms with Crippen LogP contribution in [0.5, 0.6) is 0 Å². The van der Waals surface area contributed by atoms with Crippen molar-refractivity contribution in [3.8, 4) is 11.3 Å². The fourth-order valence-corrected chi connectivity index (χ4v) is 4.12. The van der Waals surface area contributed by atoms with Gasteiger partial charge in [0.1, 0.15) is 11.5 Å². The number of hydrogen-bond donors (Lipinski definition) is 0. The molecule has 2 unspecified atom stereocenters. The molecule has 0 radical (unpaired) electrons. The van der Waals surface area contributed by atoms with E-state index in [4.69, 9.17) is 4.42 Å². The third kappa shape index (κ3) is 3.60. The number of furan rings is 1. The lowest BCUT2D eigenvalue weighted by Crippen LogP contribution is -2.25. The maximum atomic E-state index is 13.4. The van der Waals surface area contributed by atoms with E-state index in [1.165, 1.54) is 17.7 Å². The minimum absolute atomic E-state index is 0.0179. The molecule has 2 atom stereocenters. The van der Waals surface area contributed by atoms with E-state index in [2.05, 4.69) is 18.8 Å². The first-order chi connectivity index (χ1) is 12.8. The molecule has 0 amide bonds. The van der Waals surface area contributed by atoms with Crippen molar-refractivity contribution >= 4 is 5.71 Å². The fraction of sp³-hybridized carbons (Fsp3) is 0.409. The molecule has 3 rings (SSSR count). The maximum absolute atomic E-state index is 13.4. The summed E-state index contributed by atoms with van der Waals surface area (Å²) < 4.78 is 46.1. The Hall–Kier alpha value is -2.30. The molecule has 0 saturated carbocycles. The molecule has 144 valence electrons. The highest BCUT2D eigenvalue weighted by molar-refractivity contribution is 5.88. The van der Waals surface area contributed by atoms with Crippen molar-refractivity contribution in [1.82, 2.24) is 0 Å². The largest absolute Gasteiger partial charge is 0.460 e. The second-order valence-electron chi connectivity index (χ2n) is 6.96. The summed E-state index contributed by atoms with van der Waals surface area (Å²) in [7, 11) is 0. The predicted molar refractivity (Wildman–Crippen MR) is 102 cm³/mol. The lowest BCUT2D eigenvalue weighted by Gasteiger charge is -2.31. The average molecular weight is 375 g/mol. The Morgan fingerprint density at radius 1 is 1.04 bits per heavy atom. The topological polar surface area (TPSA) is 25.5 Å². The summed E-state index contributed by atoms with van der Waals surface area (Å²) in [5.74, 6) is 1.17. The Kier molecular flexibility index (Phi) is 5.31. The Bertz CT molecular complexity index is 889. The van der Waals surface area contributed by atoms with Crippen LogP contribution in [-0.4, -0.2) is 5.71 Å². The number of halogens is 3. The number of benzene rings is 1. The monoisotopic (exact) mass is 375 g/mol. The fourth-order valence-electron chi connectivity index (χ4n) is 4.12. The van der Waals surface area contributed by atoms with Crippen LogP contribution in [0.4, 0.5) is 13.2 Å². The Morgan fingerprint density at radius 3 is 2.37 bits per heavy atom. The van der Waals surface area contributed by atoms with Crippen molar-refractivity contribution < 1.29 is 17.6 Å². The molecule has 1 aromatic heterocycles.